The van der Waals surface area contributed by atoms with Gasteiger partial charge in [0.1, 0.15) is 5.82 Å². The van der Waals surface area contributed by atoms with Crippen LogP contribution in [0.3, 0.4) is 0 Å². The number of imidazole rings is 1. The number of fused-ring (bicyclic) bond motifs is 2. The second-order valence-corrected chi connectivity index (χ2v) is 5.95. The summed E-state index contributed by atoms with van der Waals surface area (Å²) in [7, 11) is 0. The van der Waals surface area contributed by atoms with Gasteiger partial charge >= 0.3 is 0 Å². The Bertz CT molecular complexity index is 783. The molecule has 21 heavy (non-hydrogen) atoms. The standard InChI is InChI=1S/C14H11BrN4O2/c15-9-5-8-10(17-14(21)13(8)20)6-11(9)19-4-3-18-2-1-16-12(18)7-19/h1-2,5-6H,3-4,7H2,(H,17,20,21). The predicted molar refractivity (Wildman–Crippen MR) is 80.4 cm³/mol. The Kier molecular flexibility index (Phi) is 2.65. The smallest absolute Gasteiger partial charge is 0.296 e. The zero-order valence-electron chi connectivity index (χ0n) is 11.0. The first-order chi connectivity index (χ1) is 10.1. The Balaban J connectivity index is 1.73. The van der Waals surface area contributed by atoms with Crippen LogP contribution in [0.15, 0.2) is 29.0 Å². The summed E-state index contributed by atoms with van der Waals surface area (Å²) in [6.07, 6.45) is 3.78. The number of amides is 1. The van der Waals surface area contributed by atoms with E-state index in [1.807, 2.05) is 12.3 Å². The Morgan fingerprint density at radius 2 is 2.10 bits per heavy atom. The highest BCUT2D eigenvalue weighted by Gasteiger charge is 2.30. The molecule has 0 fully saturated rings. The van der Waals surface area contributed by atoms with Gasteiger partial charge in [-0.05, 0) is 28.1 Å². The minimum absolute atomic E-state index is 0.425. The van der Waals surface area contributed by atoms with Gasteiger partial charge in [-0.15, -0.1) is 0 Å². The minimum Gasteiger partial charge on any atom is -0.361 e. The number of halogens is 1. The Hall–Kier alpha value is -2.15. The SMILES string of the molecule is O=C1Nc2cc(N3CCn4ccnc4C3)c(Br)cc2C1=O. The molecule has 0 saturated heterocycles. The molecular weight excluding hydrogens is 336 g/mol. The number of rotatable bonds is 1. The van der Waals surface area contributed by atoms with E-state index in [9.17, 15) is 9.59 Å². The minimum atomic E-state index is -0.566. The van der Waals surface area contributed by atoms with Crippen LogP contribution in [0.5, 0.6) is 0 Å². The molecule has 0 aliphatic carbocycles. The molecule has 1 aromatic heterocycles. The number of carbonyl (C=O) groups excluding carboxylic acids is 2. The van der Waals surface area contributed by atoms with Crippen molar-refractivity contribution in [3.63, 3.8) is 0 Å². The molecule has 0 unspecified atom stereocenters. The number of anilines is 2. The summed E-state index contributed by atoms with van der Waals surface area (Å²) in [5, 5.41) is 2.61. The first kappa shape index (κ1) is 12.6. The van der Waals surface area contributed by atoms with E-state index in [0.29, 0.717) is 17.8 Å². The molecule has 4 rings (SSSR count). The normalized spacial score (nSPS) is 16.7. The van der Waals surface area contributed by atoms with Crippen LogP contribution in [0, 0.1) is 0 Å². The van der Waals surface area contributed by atoms with Gasteiger partial charge in [0, 0.05) is 30.0 Å². The van der Waals surface area contributed by atoms with Crippen LogP contribution in [0.2, 0.25) is 0 Å². The summed E-state index contributed by atoms with van der Waals surface area (Å²) in [5.74, 6) is -0.0385. The van der Waals surface area contributed by atoms with Crippen LogP contribution < -0.4 is 10.2 Å². The maximum Gasteiger partial charge on any atom is 0.296 e. The highest BCUT2D eigenvalue weighted by molar-refractivity contribution is 9.10. The number of nitrogens with one attached hydrogen (secondary N) is 1. The fourth-order valence-electron chi connectivity index (χ4n) is 2.78. The number of ketones is 1. The van der Waals surface area contributed by atoms with E-state index in [0.717, 1.165) is 29.1 Å². The monoisotopic (exact) mass is 346 g/mol. The lowest BCUT2D eigenvalue weighted by Gasteiger charge is -2.30. The van der Waals surface area contributed by atoms with Gasteiger partial charge in [0.2, 0.25) is 0 Å². The molecule has 2 aliphatic rings. The highest BCUT2D eigenvalue weighted by Crippen LogP contribution is 2.36. The fourth-order valence-corrected chi connectivity index (χ4v) is 3.37. The van der Waals surface area contributed by atoms with Gasteiger partial charge in [0.05, 0.1) is 23.5 Å². The van der Waals surface area contributed by atoms with Gasteiger partial charge in [-0.25, -0.2) is 4.98 Å². The maximum absolute atomic E-state index is 11.7. The van der Waals surface area contributed by atoms with Gasteiger partial charge < -0.3 is 14.8 Å². The van der Waals surface area contributed by atoms with E-state index in [1.165, 1.54) is 0 Å². The average molecular weight is 347 g/mol. The fraction of sp³-hybridized carbons (Fsp3) is 0.214. The Labute approximate surface area is 128 Å². The Morgan fingerprint density at radius 1 is 1.24 bits per heavy atom. The van der Waals surface area contributed by atoms with Gasteiger partial charge in [-0.1, -0.05) is 0 Å². The Morgan fingerprint density at radius 3 is 2.95 bits per heavy atom. The van der Waals surface area contributed by atoms with E-state index in [2.05, 4.69) is 35.7 Å². The third kappa shape index (κ3) is 1.88. The largest absolute Gasteiger partial charge is 0.361 e. The molecule has 0 bridgehead atoms. The molecule has 0 atom stereocenters. The molecule has 3 heterocycles. The molecule has 0 spiro atoms. The topological polar surface area (TPSA) is 67.2 Å². The van der Waals surface area contributed by atoms with Gasteiger partial charge in [0.15, 0.2) is 0 Å². The zero-order valence-corrected chi connectivity index (χ0v) is 12.6. The van der Waals surface area contributed by atoms with Crippen molar-refractivity contribution in [1.82, 2.24) is 9.55 Å². The number of aromatic nitrogens is 2. The van der Waals surface area contributed by atoms with Crippen LogP contribution in [0.25, 0.3) is 0 Å². The number of Topliss-reactive ketones (excluding diaryl/α,β-unsaturated/α-hetero) is 1. The van der Waals surface area contributed by atoms with Crippen LogP contribution in [-0.4, -0.2) is 27.8 Å². The second kappa shape index (κ2) is 4.42. The van der Waals surface area contributed by atoms with Crippen molar-refractivity contribution < 1.29 is 9.59 Å². The maximum atomic E-state index is 11.7. The second-order valence-electron chi connectivity index (χ2n) is 5.09. The zero-order chi connectivity index (χ0) is 14.6. The molecule has 0 radical (unpaired) electrons. The highest BCUT2D eigenvalue weighted by atomic mass is 79.9. The van der Waals surface area contributed by atoms with E-state index in [1.54, 1.807) is 12.3 Å². The lowest BCUT2D eigenvalue weighted by molar-refractivity contribution is -0.112. The van der Waals surface area contributed by atoms with E-state index in [4.69, 9.17) is 0 Å². The molecule has 106 valence electrons. The van der Waals surface area contributed by atoms with Crippen LogP contribution in [0.1, 0.15) is 16.2 Å². The molecule has 7 heteroatoms. The van der Waals surface area contributed by atoms with Crippen molar-refractivity contribution >= 4 is 39.0 Å². The molecule has 1 amide bonds. The molecule has 0 saturated carbocycles. The molecule has 2 aliphatic heterocycles. The predicted octanol–water partition coefficient (Wildman–Crippen LogP) is 1.80. The lowest BCUT2D eigenvalue weighted by atomic mass is 10.1. The summed E-state index contributed by atoms with van der Waals surface area (Å²) in [6.45, 7) is 2.42. The van der Waals surface area contributed by atoms with Gasteiger partial charge in [0.25, 0.3) is 11.7 Å². The van der Waals surface area contributed by atoms with E-state index >= 15 is 0 Å². The van der Waals surface area contributed by atoms with E-state index in [-0.39, 0.29) is 0 Å². The third-order valence-electron chi connectivity index (χ3n) is 3.87. The van der Waals surface area contributed by atoms with Gasteiger partial charge in [-0.2, -0.15) is 0 Å². The number of benzene rings is 1. The van der Waals surface area contributed by atoms with Crippen molar-refractivity contribution in [1.29, 1.82) is 0 Å². The van der Waals surface area contributed by atoms with Crippen molar-refractivity contribution in [2.45, 2.75) is 13.1 Å². The number of hydrogen-bond acceptors (Lipinski definition) is 4. The molecule has 6 nitrogen and oxygen atoms in total. The van der Waals surface area contributed by atoms with Crippen LogP contribution in [0.4, 0.5) is 11.4 Å². The summed E-state index contributed by atoms with van der Waals surface area (Å²) in [4.78, 5) is 29.7. The first-order valence-corrected chi connectivity index (χ1v) is 7.37. The van der Waals surface area contributed by atoms with Gasteiger partial charge in [-0.3, -0.25) is 9.59 Å². The first-order valence-electron chi connectivity index (χ1n) is 6.57. The van der Waals surface area contributed by atoms with Crippen molar-refractivity contribution in [2.75, 3.05) is 16.8 Å². The van der Waals surface area contributed by atoms with Crippen LogP contribution in [-0.2, 0) is 17.9 Å². The number of carbonyl (C=O) groups is 2. The summed E-state index contributed by atoms with van der Waals surface area (Å²) < 4.78 is 2.94. The number of hydrogen-bond donors (Lipinski definition) is 1. The summed E-state index contributed by atoms with van der Waals surface area (Å²) in [5.41, 5.74) is 1.96. The quantitative estimate of drug-likeness (QED) is 0.799. The lowest BCUT2D eigenvalue weighted by Crippen LogP contribution is -2.33. The molecule has 1 aromatic carbocycles. The average Bonchev–Trinajstić information content (AvgIpc) is 3.04. The molecular formula is C14H11BrN4O2. The third-order valence-corrected chi connectivity index (χ3v) is 4.51. The summed E-state index contributed by atoms with van der Waals surface area (Å²) in [6, 6.07) is 3.56. The van der Waals surface area contributed by atoms with Crippen molar-refractivity contribution in [3.8, 4) is 0 Å². The van der Waals surface area contributed by atoms with Crippen molar-refractivity contribution in [3.05, 3.63) is 40.4 Å². The number of nitrogens with zero attached hydrogens (tertiary/aromatic N) is 3. The summed E-state index contributed by atoms with van der Waals surface area (Å²) >= 11 is 3.50. The van der Waals surface area contributed by atoms with Crippen molar-refractivity contribution in [2.24, 2.45) is 0 Å². The van der Waals surface area contributed by atoms with E-state index < -0.39 is 11.7 Å². The molecule has 1 N–H and O–H groups in total. The molecule has 2 aromatic rings. The van der Waals surface area contributed by atoms with Crippen LogP contribution >= 0.6 is 15.9 Å².